The maximum atomic E-state index is 11.1. The summed E-state index contributed by atoms with van der Waals surface area (Å²) in [4.78, 5) is 10.8. The van der Waals surface area contributed by atoms with E-state index in [1.807, 2.05) is 0 Å². The number of carbonyl (C=O) groups excluding carboxylic acids is 1. The largest absolute Gasteiger partial charge is 0.394 e. The van der Waals surface area contributed by atoms with Crippen molar-refractivity contribution in [2.75, 3.05) is 6.61 Å². The fourth-order valence-electron chi connectivity index (χ4n) is 1.41. The van der Waals surface area contributed by atoms with Crippen LogP contribution in [-0.2, 0) is 13.9 Å². The molecule has 4 N–H and O–H groups in total. The highest BCUT2D eigenvalue weighted by Crippen LogP contribution is 2.97. The van der Waals surface area contributed by atoms with Crippen molar-refractivity contribution < 1.29 is 34.3 Å². The Morgan fingerprint density at radius 3 is 2.21 bits per heavy atom. The summed E-state index contributed by atoms with van der Waals surface area (Å²) in [6.07, 6.45) is -5.09. The first kappa shape index (κ1) is 10.2. The lowest BCUT2D eigenvalue weighted by atomic mass is 10.0. The van der Waals surface area contributed by atoms with Crippen LogP contribution in [0.2, 0.25) is 0 Å². The number of hydrogen-bond donors (Lipinski definition) is 4. The van der Waals surface area contributed by atoms with Crippen molar-refractivity contribution in [2.45, 2.75) is 23.7 Å². The molecule has 0 spiro atoms. The van der Waals surface area contributed by atoms with Crippen molar-refractivity contribution >= 4 is 12.9 Å². The molecule has 2 aliphatic heterocycles. The molecule has 0 aromatic heterocycles. The van der Waals surface area contributed by atoms with Crippen molar-refractivity contribution in [3.05, 3.63) is 0 Å². The van der Waals surface area contributed by atoms with Gasteiger partial charge in [-0.2, -0.15) is 0 Å². The normalized spacial score (nSPS) is 45.3. The fourth-order valence-corrected chi connectivity index (χ4v) is 3.64. The van der Waals surface area contributed by atoms with Crippen LogP contribution in [0, 0.1) is 0 Å². The van der Waals surface area contributed by atoms with Crippen LogP contribution >= 0.6 is 7.37 Å². The van der Waals surface area contributed by atoms with E-state index >= 15 is 0 Å². The molecule has 8 heteroatoms. The van der Waals surface area contributed by atoms with Crippen LogP contribution in [0.5, 0.6) is 0 Å². The van der Waals surface area contributed by atoms with Crippen molar-refractivity contribution in [1.82, 2.24) is 0 Å². The predicted molar refractivity (Wildman–Crippen MR) is 41.5 cm³/mol. The first-order valence-corrected chi connectivity index (χ1v) is 5.55. The van der Waals surface area contributed by atoms with Crippen molar-refractivity contribution in [3.63, 3.8) is 0 Å². The Kier molecular flexibility index (Phi) is 1.92. The second-order valence-corrected chi connectivity index (χ2v) is 5.69. The van der Waals surface area contributed by atoms with E-state index in [0.717, 1.165) is 0 Å². The lowest BCUT2D eigenvalue weighted by molar-refractivity contribution is -0.130. The SMILES string of the molecule is O=C1[C@]2([C@@H](O)[C@H](O)[C@H](O)CO)OP12=O. The molecule has 0 aromatic carbocycles. The highest BCUT2D eigenvalue weighted by Gasteiger charge is 2.99. The van der Waals surface area contributed by atoms with E-state index in [-0.39, 0.29) is 0 Å². The standard InChI is InChI=1S/C6H9O7P/c7-1-2(8)3(9)4(10)6-5(11)14(6,12)13-6/h2-4,7-10H,1H2/t2-,3-,4+,6-,14?/m1/s1. The van der Waals surface area contributed by atoms with Gasteiger partial charge in [-0.15, -0.1) is 0 Å². The van der Waals surface area contributed by atoms with Gasteiger partial charge in [-0.1, -0.05) is 0 Å². The molecule has 14 heavy (non-hydrogen) atoms. The Balaban J connectivity index is 2.08. The Bertz CT molecular complexity index is 341. The van der Waals surface area contributed by atoms with Crippen LogP contribution in [0.4, 0.5) is 0 Å². The first-order valence-electron chi connectivity index (χ1n) is 3.93. The summed E-state index contributed by atoms with van der Waals surface area (Å²) in [5.74, 6) is 0. The summed E-state index contributed by atoms with van der Waals surface area (Å²) in [5.41, 5.74) is -0.721. The number of fused-ring (bicyclic) bond motifs is 1. The Hall–Kier alpha value is -0.300. The van der Waals surface area contributed by atoms with Crippen LogP contribution in [0.25, 0.3) is 0 Å². The second kappa shape index (κ2) is 2.63. The van der Waals surface area contributed by atoms with Gasteiger partial charge in [0.05, 0.1) is 6.61 Å². The molecule has 2 saturated heterocycles. The third-order valence-electron chi connectivity index (χ3n) is 2.50. The van der Waals surface area contributed by atoms with Crippen LogP contribution in [-0.4, -0.2) is 56.2 Å². The van der Waals surface area contributed by atoms with E-state index in [9.17, 15) is 19.6 Å². The lowest BCUT2D eigenvalue weighted by Crippen LogP contribution is -2.45. The van der Waals surface area contributed by atoms with Gasteiger partial charge < -0.3 is 20.4 Å². The average Bonchev–Trinajstić information content (AvgIpc) is 2.97. The van der Waals surface area contributed by atoms with E-state index in [1.54, 1.807) is 0 Å². The molecular formula is C6H9O7P. The molecule has 0 bridgehead atoms. The third-order valence-corrected chi connectivity index (χ3v) is 4.96. The molecule has 0 aromatic rings. The monoisotopic (exact) mass is 224 g/mol. The van der Waals surface area contributed by atoms with Gasteiger partial charge in [-0.25, -0.2) is 0 Å². The van der Waals surface area contributed by atoms with E-state index in [1.165, 1.54) is 0 Å². The molecule has 0 saturated carbocycles. The molecule has 5 atom stereocenters. The van der Waals surface area contributed by atoms with Crippen LogP contribution in [0.3, 0.4) is 0 Å². The highest BCUT2D eigenvalue weighted by atomic mass is 31.2. The van der Waals surface area contributed by atoms with Gasteiger partial charge in [0.2, 0.25) is 0 Å². The maximum Gasteiger partial charge on any atom is 0.314 e. The van der Waals surface area contributed by atoms with E-state index in [4.69, 9.17) is 10.2 Å². The molecule has 2 rings (SSSR count). The van der Waals surface area contributed by atoms with Crippen LogP contribution < -0.4 is 0 Å². The summed E-state index contributed by atoms with van der Waals surface area (Å²) in [5, 5.41) is 34.2. The number of rotatable bonds is 4. The number of aliphatic hydroxyl groups is 4. The van der Waals surface area contributed by atoms with E-state index < -0.39 is 43.2 Å². The maximum absolute atomic E-state index is 11.1. The fraction of sp³-hybridized carbons (Fsp3) is 0.833. The average molecular weight is 224 g/mol. The summed E-state index contributed by atoms with van der Waals surface area (Å²) < 4.78 is 15.6. The topological polar surface area (TPSA) is 128 Å². The minimum Gasteiger partial charge on any atom is -0.394 e. The van der Waals surface area contributed by atoms with Gasteiger partial charge in [0.25, 0.3) is 10.9 Å². The van der Waals surface area contributed by atoms with Gasteiger partial charge in [0.15, 0.2) is 0 Å². The predicted octanol–water partition coefficient (Wildman–Crippen LogP) is -2.39. The van der Waals surface area contributed by atoms with Gasteiger partial charge in [-0.3, -0.25) is 13.9 Å². The van der Waals surface area contributed by atoms with Crippen LogP contribution in [0.1, 0.15) is 0 Å². The minimum absolute atomic E-state index is 0.721. The zero-order valence-corrected chi connectivity index (χ0v) is 7.79. The van der Waals surface area contributed by atoms with Gasteiger partial charge in [0.1, 0.15) is 18.3 Å². The molecule has 0 radical (unpaired) electrons. The van der Waals surface area contributed by atoms with Crippen LogP contribution in [0.15, 0.2) is 0 Å². The smallest absolute Gasteiger partial charge is 0.314 e. The van der Waals surface area contributed by atoms with Gasteiger partial charge in [0, 0.05) is 0 Å². The van der Waals surface area contributed by atoms with Crippen molar-refractivity contribution in [1.29, 1.82) is 0 Å². The molecule has 2 heterocycles. The van der Waals surface area contributed by atoms with Crippen molar-refractivity contribution in [3.8, 4) is 0 Å². The quantitative estimate of drug-likeness (QED) is 0.309. The molecule has 80 valence electrons. The molecule has 1 unspecified atom stereocenters. The molecule has 2 aliphatic rings. The number of aliphatic hydroxyl groups excluding tert-OH is 4. The molecule has 2 fully saturated rings. The van der Waals surface area contributed by atoms with E-state index in [0.29, 0.717) is 0 Å². The third kappa shape index (κ3) is 0.894. The highest BCUT2D eigenvalue weighted by molar-refractivity contribution is 7.97. The summed E-state index contributed by atoms with van der Waals surface area (Å²) in [6.45, 7) is -0.771. The molecule has 7 nitrogen and oxygen atoms in total. The summed E-state index contributed by atoms with van der Waals surface area (Å²) in [6, 6.07) is 0. The number of carbonyl (C=O) groups is 1. The Morgan fingerprint density at radius 2 is 1.93 bits per heavy atom. The molecule has 0 amide bonds. The van der Waals surface area contributed by atoms with Gasteiger partial charge >= 0.3 is 7.37 Å². The summed E-state index contributed by atoms with van der Waals surface area (Å²) >= 11 is 0. The number of hydrogen-bond acceptors (Lipinski definition) is 7. The zero-order valence-electron chi connectivity index (χ0n) is 6.90. The zero-order chi connectivity index (χ0) is 10.7. The second-order valence-electron chi connectivity index (χ2n) is 3.33. The lowest BCUT2D eigenvalue weighted by Gasteiger charge is -2.20. The Labute approximate surface area is 78.4 Å². The minimum atomic E-state index is -3.35. The first-order chi connectivity index (χ1) is 6.41. The summed E-state index contributed by atoms with van der Waals surface area (Å²) in [7, 11) is -3.35. The van der Waals surface area contributed by atoms with Gasteiger partial charge in [-0.05, 0) is 0 Å². The molecule has 0 aliphatic carbocycles. The Morgan fingerprint density at radius 1 is 1.43 bits per heavy atom. The van der Waals surface area contributed by atoms with E-state index in [2.05, 4.69) is 4.52 Å². The van der Waals surface area contributed by atoms with Crippen molar-refractivity contribution in [2.24, 2.45) is 0 Å². The molecular weight excluding hydrogens is 215 g/mol.